The molecule has 0 spiro atoms. The lowest BCUT2D eigenvalue weighted by Crippen LogP contribution is -2.52. The molecule has 168 valence electrons. The largest absolute Gasteiger partial charge is 0.416 e. The monoisotopic (exact) mass is 459 g/mol. The molecule has 1 heterocycles. The Morgan fingerprint density at radius 2 is 1.31 bits per heavy atom. The Morgan fingerprint density at radius 3 is 1.78 bits per heavy atom. The highest BCUT2D eigenvalue weighted by Crippen LogP contribution is 2.42. The normalized spacial score (nSPS) is 16.7. The van der Waals surface area contributed by atoms with E-state index in [0.29, 0.717) is 13.1 Å². The topological polar surface area (TPSA) is 37.4 Å². The zero-order chi connectivity index (χ0) is 22.9. The number of benzene rings is 3. The second-order valence-electron chi connectivity index (χ2n) is 8.31. The highest BCUT2D eigenvalue weighted by Gasteiger charge is 2.43. The average molecular weight is 460 g/mol. The SMILES string of the molecule is CS(=O)(=O)C(c1cccc(C(F)(F)F)c1)C1CN(C(c2ccccc2)c2ccccc2)C1. The third kappa shape index (κ3) is 4.74. The molecule has 0 saturated carbocycles. The highest BCUT2D eigenvalue weighted by atomic mass is 32.2. The maximum atomic E-state index is 13.2. The molecule has 0 aromatic heterocycles. The fraction of sp³-hybridized carbons (Fsp3) is 0.280. The van der Waals surface area contributed by atoms with Crippen LogP contribution in [0, 0.1) is 5.92 Å². The Labute approximate surface area is 186 Å². The molecule has 0 bridgehead atoms. The third-order valence-corrected chi connectivity index (χ3v) is 7.55. The van der Waals surface area contributed by atoms with E-state index in [-0.39, 0.29) is 17.5 Å². The molecule has 1 unspecified atom stereocenters. The summed E-state index contributed by atoms with van der Waals surface area (Å²) in [6.45, 7) is 0.949. The van der Waals surface area contributed by atoms with Crippen molar-refractivity contribution in [2.24, 2.45) is 5.92 Å². The summed E-state index contributed by atoms with van der Waals surface area (Å²) in [6, 6.07) is 24.5. The first kappa shape index (κ1) is 22.6. The van der Waals surface area contributed by atoms with Gasteiger partial charge in [0.1, 0.15) is 0 Å². The van der Waals surface area contributed by atoms with E-state index in [1.807, 2.05) is 60.7 Å². The molecular formula is C25H24F3NO2S. The van der Waals surface area contributed by atoms with E-state index in [1.165, 1.54) is 12.1 Å². The molecule has 0 amide bonds. The van der Waals surface area contributed by atoms with Crippen molar-refractivity contribution in [1.29, 1.82) is 0 Å². The van der Waals surface area contributed by atoms with E-state index in [0.717, 1.165) is 29.5 Å². The van der Waals surface area contributed by atoms with E-state index >= 15 is 0 Å². The predicted octanol–water partition coefficient (Wildman–Crippen LogP) is 5.51. The Kier molecular flexibility index (Phi) is 6.14. The molecule has 4 rings (SSSR count). The molecule has 0 aliphatic carbocycles. The minimum absolute atomic E-state index is 0.0460. The van der Waals surface area contributed by atoms with Crippen molar-refractivity contribution in [2.45, 2.75) is 17.5 Å². The number of sulfone groups is 1. The van der Waals surface area contributed by atoms with E-state index in [4.69, 9.17) is 0 Å². The second-order valence-corrected chi connectivity index (χ2v) is 10.5. The minimum Gasteiger partial charge on any atom is -0.292 e. The van der Waals surface area contributed by atoms with Crippen molar-refractivity contribution in [2.75, 3.05) is 19.3 Å². The second kappa shape index (κ2) is 8.71. The fourth-order valence-electron chi connectivity index (χ4n) is 4.60. The first-order valence-electron chi connectivity index (χ1n) is 10.3. The van der Waals surface area contributed by atoms with E-state index in [1.54, 1.807) is 0 Å². The molecule has 32 heavy (non-hydrogen) atoms. The lowest BCUT2D eigenvalue weighted by molar-refractivity contribution is -0.137. The third-order valence-electron chi connectivity index (χ3n) is 5.97. The van der Waals surface area contributed by atoms with Crippen LogP contribution in [0.2, 0.25) is 0 Å². The number of nitrogens with zero attached hydrogens (tertiary/aromatic N) is 1. The number of hydrogen-bond acceptors (Lipinski definition) is 3. The maximum Gasteiger partial charge on any atom is 0.416 e. The smallest absolute Gasteiger partial charge is 0.292 e. The maximum absolute atomic E-state index is 13.2. The number of likely N-dealkylation sites (tertiary alicyclic amines) is 1. The van der Waals surface area contributed by atoms with Gasteiger partial charge in [0, 0.05) is 25.3 Å². The Bertz CT molecular complexity index is 1120. The van der Waals surface area contributed by atoms with E-state index < -0.39 is 26.8 Å². The molecule has 1 aliphatic heterocycles. The highest BCUT2D eigenvalue weighted by molar-refractivity contribution is 7.90. The standard InChI is InChI=1S/C25H24F3NO2S/c1-32(30,31)24(20-13-8-14-22(15-20)25(26,27)28)21-16-29(17-21)23(18-9-4-2-5-10-18)19-11-6-3-7-12-19/h2-15,21,23-24H,16-17H2,1H3. The summed E-state index contributed by atoms with van der Waals surface area (Å²) < 4.78 is 64.9. The molecule has 1 fully saturated rings. The van der Waals surface area contributed by atoms with E-state index in [9.17, 15) is 21.6 Å². The van der Waals surface area contributed by atoms with Gasteiger partial charge in [-0.15, -0.1) is 0 Å². The number of alkyl halides is 3. The van der Waals surface area contributed by atoms with Crippen molar-refractivity contribution in [3.63, 3.8) is 0 Å². The van der Waals surface area contributed by atoms with Crippen LogP contribution in [0.5, 0.6) is 0 Å². The summed E-state index contributed by atoms with van der Waals surface area (Å²) in [5, 5.41) is -0.978. The summed E-state index contributed by atoms with van der Waals surface area (Å²) in [6.07, 6.45) is -3.41. The van der Waals surface area contributed by atoms with Gasteiger partial charge in [-0.1, -0.05) is 78.9 Å². The summed E-state index contributed by atoms with van der Waals surface area (Å²) >= 11 is 0. The fourth-order valence-corrected chi connectivity index (χ4v) is 6.11. The van der Waals surface area contributed by atoms with Crippen LogP contribution >= 0.6 is 0 Å². The molecule has 3 nitrogen and oxygen atoms in total. The lowest BCUT2D eigenvalue weighted by atomic mass is 9.86. The Balaban J connectivity index is 1.63. The molecule has 1 atom stereocenters. The first-order chi connectivity index (χ1) is 15.1. The molecule has 1 aliphatic rings. The van der Waals surface area contributed by atoms with Crippen LogP contribution in [0.3, 0.4) is 0 Å². The summed E-state index contributed by atoms with van der Waals surface area (Å²) in [7, 11) is -3.61. The molecule has 3 aromatic rings. The number of hydrogen-bond donors (Lipinski definition) is 0. The van der Waals surface area contributed by atoms with Crippen LogP contribution in [0.15, 0.2) is 84.9 Å². The van der Waals surface area contributed by atoms with Gasteiger partial charge in [-0.2, -0.15) is 13.2 Å². The molecule has 3 aromatic carbocycles. The lowest BCUT2D eigenvalue weighted by Gasteiger charge is -2.47. The van der Waals surface area contributed by atoms with Gasteiger partial charge in [-0.05, 0) is 22.8 Å². The van der Waals surface area contributed by atoms with Gasteiger partial charge in [0.15, 0.2) is 9.84 Å². The van der Waals surface area contributed by atoms with Crippen LogP contribution < -0.4 is 0 Å². The quantitative estimate of drug-likeness (QED) is 0.488. The van der Waals surface area contributed by atoms with Gasteiger partial charge in [0.25, 0.3) is 0 Å². The first-order valence-corrected chi connectivity index (χ1v) is 12.3. The minimum atomic E-state index is -4.52. The van der Waals surface area contributed by atoms with Gasteiger partial charge in [-0.3, -0.25) is 4.90 Å². The van der Waals surface area contributed by atoms with Crippen LogP contribution in [-0.4, -0.2) is 32.7 Å². The van der Waals surface area contributed by atoms with Crippen LogP contribution in [0.4, 0.5) is 13.2 Å². The molecule has 1 saturated heterocycles. The van der Waals surface area contributed by atoms with Crippen LogP contribution in [0.1, 0.15) is 33.5 Å². The Hall–Kier alpha value is -2.64. The molecular weight excluding hydrogens is 435 g/mol. The van der Waals surface area contributed by atoms with E-state index in [2.05, 4.69) is 4.90 Å². The van der Waals surface area contributed by atoms with Gasteiger partial charge in [-0.25, -0.2) is 8.42 Å². The molecule has 7 heteroatoms. The average Bonchev–Trinajstić information content (AvgIpc) is 2.72. The zero-order valence-corrected chi connectivity index (χ0v) is 18.4. The van der Waals surface area contributed by atoms with Gasteiger partial charge in [0.05, 0.1) is 16.9 Å². The summed E-state index contributed by atoms with van der Waals surface area (Å²) in [4.78, 5) is 2.18. The van der Waals surface area contributed by atoms with Crippen molar-refractivity contribution in [3.8, 4) is 0 Å². The molecule has 0 radical (unpaired) electrons. The zero-order valence-electron chi connectivity index (χ0n) is 17.5. The van der Waals surface area contributed by atoms with Gasteiger partial charge in [0.2, 0.25) is 0 Å². The predicted molar refractivity (Wildman–Crippen MR) is 119 cm³/mol. The van der Waals surface area contributed by atoms with Crippen LogP contribution in [0.25, 0.3) is 0 Å². The van der Waals surface area contributed by atoms with Crippen molar-refractivity contribution < 1.29 is 21.6 Å². The number of rotatable bonds is 6. The Morgan fingerprint density at radius 1 is 0.812 bits per heavy atom. The van der Waals surface area contributed by atoms with Gasteiger partial charge < -0.3 is 0 Å². The van der Waals surface area contributed by atoms with Crippen molar-refractivity contribution >= 4 is 9.84 Å². The summed E-state index contributed by atoms with van der Waals surface area (Å²) in [5.74, 6) is -0.289. The molecule has 0 N–H and O–H groups in total. The van der Waals surface area contributed by atoms with Crippen molar-refractivity contribution in [3.05, 3.63) is 107 Å². The summed E-state index contributed by atoms with van der Waals surface area (Å²) in [5.41, 5.74) is 1.55. The van der Waals surface area contributed by atoms with Gasteiger partial charge >= 0.3 is 6.18 Å². The number of halogens is 3. The van der Waals surface area contributed by atoms with Crippen LogP contribution in [-0.2, 0) is 16.0 Å². The van der Waals surface area contributed by atoms with Crippen molar-refractivity contribution in [1.82, 2.24) is 4.90 Å².